The molecule has 82 valence electrons. The second-order valence-electron chi connectivity index (χ2n) is 3.14. The second-order valence-corrected chi connectivity index (χ2v) is 3.58. The van der Waals surface area contributed by atoms with E-state index >= 15 is 0 Å². The van der Waals surface area contributed by atoms with Crippen molar-refractivity contribution < 1.29 is 19.4 Å². The monoisotopic (exact) mass is 232 g/mol. The molecule has 15 heavy (non-hydrogen) atoms. The van der Waals surface area contributed by atoms with E-state index in [1.807, 2.05) is 0 Å². The summed E-state index contributed by atoms with van der Waals surface area (Å²) < 4.78 is 13.3. The van der Waals surface area contributed by atoms with Crippen LogP contribution in [0.2, 0.25) is 5.02 Å². The van der Waals surface area contributed by atoms with Crippen LogP contribution in [-0.2, 0) is 4.79 Å². The number of carboxylic acid groups (broad SMARTS) is 1. The maximum atomic E-state index is 13.3. The molecular weight excluding hydrogens is 223 g/mol. The highest BCUT2D eigenvalue weighted by atomic mass is 35.5. The lowest BCUT2D eigenvalue weighted by Gasteiger charge is -2.13. The Morgan fingerprint density at radius 2 is 2.20 bits per heavy atom. The normalized spacial score (nSPS) is 12.5. The van der Waals surface area contributed by atoms with Crippen LogP contribution in [0.25, 0.3) is 0 Å². The molecule has 0 bridgehead atoms. The molecule has 0 spiro atoms. The number of aliphatic hydroxyl groups excluding tert-OH is 1. The highest BCUT2D eigenvalue weighted by Gasteiger charge is 2.18. The van der Waals surface area contributed by atoms with Gasteiger partial charge in [-0.05, 0) is 23.8 Å². The molecule has 0 amide bonds. The van der Waals surface area contributed by atoms with Gasteiger partial charge in [0.1, 0.15) is 5.82 Å². The van der Waals surface area contributed by atoms with E-state index in [-0.39, 0.29) is 12.0 Å². The van der Waals surface area contributed by atoms with Crippen molar-refractivity contribution in [2.45, 2.75) is 12.3 Å². The molecule has 0 radical (unpaired) electrons. The van der Waals surface area contributed by atoms with Crippen LogP contribution < -0.4 is 0 Å². The Kier molecular flexibility index (Phi) is 4.05. The molecule has 3 nitrogen and oxygen atoms in total. The van der Waals surface area contributed by atoms with Gasteiger partial charge in [0.05, 0.1) is 13.0 Å². The summed E-state index contributed by atoms with van der Waals surface area (Å²) in [6.45, 7) is -0.427. The standard InChI is InChI=1S/C10H10ClFO3/c11-7-1-2-9(12)8(4-7)6(5-13)3-10(14)15/h1-2,4,6,13H,3,5H2,(H,14,15). The van der Waals surface area contributed by atoms with Gasteiger partial charge in [0.2, 0.25) is 0 Å². The average molecular weight is 233 g/mol. The van der Waals surface area contributed by atoms with Crippen LogP contribution >= 0.6 is 11.6 Å². The van der Waals surface area contributed by atoms with Gasteiger partial charge in [-0.3, -0.25) is 4.79 Å². The van der Waals surface area contributed by atoms with Crippen LogP contribution in [0.4, 0.5) is 4.39 Å². The summed E-state index contributed by atoms with van der Waals surface area (Å²) >= 11 is 5.66. The molecule has 0 saturated heterocycles. The summed E-state index contributed by atoms with van der Waals surface area (Å²) in [5.74, 6) is -2.41. The minimum atomic E-state index is -1.09. The fraction of sp³-hybridized carbons (Fsp3) is 0.300. The maximum absolute atomic E-state index is 13.3. The lowest BCUT2D eigenvalue weighted by Crippen LogP contribution is -2.11. The Morgan fingerprint density at radius 3 is 2.73 bits per heavy atom. The lowest BCUT2D eigenvalue weighted by molar-refractivity contribution is -0.137. The summed E-state index contributed by atoms with van der Waals surface area (Å²) in [5, 5.41) is 17.9. The Hall–Kier alpha value is -1.13. The van der Waals surface area contributed by atoms with E-state index < -0.39 is 24.3 Å². The zero-order valence-electron chi connectivity index (χ0n) is 7.78. The number of hydrogen-bond acceptors (Lipinski definition) is 2. The number of rotatable bonds is 4. The van der Waals surface area contributed by atoms with Crippen molar-refractivity contribution in [2.24, 2.45) is 0 Å². The highest BCUT2D eigenvalue weighted by Crippen LogP contribution is 2.25. The second kappa shape index (κ2) is 5.09. The van der Waals surface area contributed by atoms with E-state index in [1.165, 1.54) is 12.1 Å². The first-order valence-electron chi connectivity index (χ1n) is 4.32. The quantitative estimate of drug-likeness (QED) is 0.835. The first kappa shape index (κ1) is 11.9. The van der Waals surface area contributed by atoms with Crippen molar-refractivity contribution >= 4 is 17.6 Å². The zero-order valence-corrected chi connectivity index (χ0v) is 8.54. The van der Waals surface area contributed by atoms with Gasteiger partial charge in [0.15, 0.2) is 0 Å². The van der Waals surface area contributed by atoms with Gasteiger partial charge in [0, 0.05) is 10.9 Å². The summed E-state index contributed by atoms with van der Waals surface area (Å²) in [7, 11) is 0. The number of aliphatic hydroxyl groups is 1. The molecule has 0 fully saturated rings. The van der Waals surface area contributed by atoms with E-state index in [4.69, 9.17) is 21.8 Å². The van der Waals surface area contributed by atoms with Crippen LogP contribution in [0, 0.1) is 5.82 Å². The number of carbonyl (C=O) groups is 1. The number of benzene rings is 1. The molecule has 1 rings (SSSR count). The molecule has 0 aliphatic heterocycles. The Bertz CT molecular complexity index is 368. The molecule has 1 aromatic rings. The minimum Gasteiger partial charge on any atom is -0.481 e. The van der Waals surface area contributed by atoms with Gasteiger partial charge in [-0.15, -0.1) is 0 Å². The third-order valence-corrected chi connectivity index (χ3v) is 2.27. The number of carboxylic acids is 1. The fourth-order valence-corrected chi connectivity index (χ4v) is 1.49. The minimum absolute atomic E-state index is 0.132. The number of hydrogen-bond donors (Lipinski definition) is 2. The van der Waals surface area contributed by atoms with E-state index in [1.54, 1.807) is 0 Å². The Morgan fingerprint density at radius 1 is 1.53 bits per heavy atom. The molecule has 1 aromatic carbocycles. The predicted molar refractivity (Wildman–Crippen MR) is 53.5 cm³/mol. The molecular formula is C10H10ClFO3. The largest absolute Gasteiger partial charge is 0.481 e. The maximum Gasteiger partial charge on any atom is 0.304 e. The SMILES string of the molecule is O=C(O)CC(CO)c1cc(Cl)ccc1F. The van der Waals surface area contributed by atoms with Crippen molar-refractivity contribution in [3.8, 4) is 0 Å². The first-order chi connectivity index (χ1) is 7.04. The van der Waals surface area contributed by atoms with E-state index in [9.17, 15) is 9.18 Å². The van der Waals surface area contributed by atoms with Gasteiger partial charge in [-0.1, -0.05) is 11.6 Å². The van der Waals surface area contributed by atoms with Gasteiger partial charge in [0.25, 0.3) is 0 Å². The van der Waals surface area contributed by atoms with E-state index in [0.29, 0.717) is 5.02 Å². The summed E-state index contributed by atoms with van der Waals surface area (Å²) in [4.78, 5) is 10.5. The molecule has 0 aliphatic carbocycles. The predicted octanol–water partition coefficient (Wildman–Crippen LogP) is 2.03. The van der Waals surface area contributed by atoms with Crippen LogP contribution in [0.5, 0.6) is 0 Å². The third-order valence-electron chi connectivity index (χ3n) is 2.04. The van der Waals surface area contributed by atoms with Crippen molar-refractivity contribution in [3.05, 3.63) is 34.6 Å². The van der Waals surface area contributed by atoms with Gasteiger partial charge in [-0.25, -0.2) is 4.39 Å². The fourth-order valence-electron chi connectivity index (χ4n) is 1.31. The molecule has 0 heterocycles. The van der Waals surface area contributed by atoms with Crippen LogP contribution in [0.15, 0.2) is 18.2 Å². The molecule has 2 N–H and O–H groups in total. The number of aliphatic carboxylic acids is 1. The Balaban J connectivity index is 3.00. The van der Waals surface area contributed by atoms with Crippen molar-refractivity contribution in [2.75, 3.05) is 6.61 Å². The van der Waals surface area contributed by atoms with E-state index in [2.05, 4.69) is 0 Å². The van der Waals surface area contributed by atoms with Gasteiger partial charge < -0.3 is 10.2 Å². The summed E-state index contributed by atoms with van der Waals surface area (Å²) in [5.41, 5.74) is 0.132. The van der Waals surface area contributed by atoms with Crippen molar-refractivity contribution in [1.29, 1.82) is 0 Å². The van der Waals surface area contributed by atoms with Crippen LogP contribution in [0.3, 0.4) is 0 Å². The topological polar surface area (TPSA) is 57.5 Å². The molecule has 1 unspecified atom stereocenters. The smallest absolute Gasteiger partial charge is 0.304 e. The zero-order chi connectivity index (χ0) is 11.4. The highest BCUT2D eigenvalue weighted by molar-refractivity contribution is 6.30. The Labute approximate surface area is 91.1 Å². The van der Waals surface area contributed by atoms with Crippen LogP contribution in [-0.4, -0.2) is 22.8 Å². The molecule has 5 heteroatoms. The average Bonchev–Trinajstić information content (AvgIpc) is 2.18. The summed E-state index contributed by atoms with van der Waals surface area (Å²) in [6, 6.07) is 3.86. The van der Waals surface area contributed by atoms with E-state index in [0.717, 1.165) is 6.07 Å². The van der Waals surface area contributed by atoms with Gasteiger partial charge >= 0.3 is 5.97 Å². The van der Waals surface area contributed by atoms with Crippen LogP contribution in [0.1, 0.15) is 17.9 Å². The lowest BCUT2D eigenvalue weighted by atomic mass is 9.96. The van der Waals surface area contributed by atoms with Gasteiger partial charge in [-0.2, -0.15) is 0 Å². The molecule has 0 saturated carbocycles. The molecule has 0 aliphatic rings. The van der Waals surface area contributed by atoms with Crippen molar-refractivity contribution in [1.82, 2.24) is 0 Å². The van der Waals surface area contributed by atoms with Crippen molar-refractivity contribution in [3.63, 3.8) is 0 Å². The molecule has 0 aromatic heterocycles. The first-order valence-corrected chi connectivity index (χ1v) is 4.70. The summed E-state index contributed by atoms with van der Waals surface area (Å²) in [6.07, 6.45) is -0.326. The molecule has 1 atom stereocenters. The number of halogens is 2. The third kappa shape index (κ3) is 3.18.